The van der Waals surface area contributed by atoms with Gasteiger partial charge in [-0.25, -0.2) is 4.99 Å². The van der Waals surface area contributed by atoms with Crippen LogP contribution in [0.3, 0.4) is 0 Å². The molecule has 4 aromatic rings. The minimum Gasteiger partial charge on any atom is -0.355 e. The van der Waals surface area contributed by atoms with Crippen molar-refractivity contribution in [2.45, 2.75) is 25.9 Å². The standard InChI is InChI=1S/C25H28N6S.HI/c1-19-29-30-24(31(19)2)18-28-25(26-16-22-14-9-15-32-22)27-17-23(20-10-5-3-6-11-20)21-12-7-4-8-13-21;/h3-15,23H,16-18H2,1-2H3,(H2,26,27,28);1H. The summed E-state index contributed by atoms with van der Waals surface area (Å²) in [6, 6.07) is 25.4. The highest BCUT2D eigenvalue weighted by Gasteiger charge is 2.15. The summed E-state index contributed by atoms with van der Waals surface area (Å²) in [5.41, 5.74) is 2.54. The molecule has 0 saturated carbocycles. The molecule has 0 radical (unpaired) electrons. The van der Waals surface area contributed by atoms with E-state index in [1.54, 1.807) is 11.3 Å². The Kier molecular flexibility index (Phi) is 9.44. The van der Waals surface area contributed by atoms with Gasteiger partial charge in [-0.05, 0) is 29.5 Å². The molecule has 8 heteroatoms. The van der Waals surface area contributed by atoms with Crippen molar-refractivity contribution >= 4 is 41.3 Å². The highest BCUT2D eigenvalue weighted by atomic mass is 127. The average Bonchev–Trinajstić information content (AvgIpc) is 3.47. The van der Waals surface area contributed by atoms with Crippen molar-refractivity contribution in [1.82, 2.24) is 25.4 Å². The average molecular weight is 573 g/mol. The zero-order chi connectivity index (χ0) is 22.2. The van der Waals surface area contributed by atoms with Crippen molar-refractivity contribution in [2.24, 2.45) is 12.0 Å². The molecule has 0 unspecified atom stereocenters. The second kappa shape index (κ2) is 12.5. The topological polar surface area (TPSA) is 67.1 Å². The fraction of sp³-hybridized carbons (Fsp3) is 0.240. The smallest absolute Gasteiger partial charge is 0.192 e. The third-order valence-electron chi connectivity index (χ3n) is 5.45. The van der Waals surface area contributed by atoms with Crippen LogP contribution in [0.4, 0.5) is 0 Å². The van der Waals surface area contributed by atoms with Crippen molar-refractivity contribution in [3.05, 3.63) is 106 Å². The molecule has 2 heterocycles. The molecular formula is C25H29IN6S. The lowest BCUT2D eigenvalue weighted by atomic mass is 9.91. The van der Waals surface area contributed by atoms with E-state index < -0.39 is 0 Å². The fourth-order valence-corrected chi connectivity index (χ4v) is 4.14. The van der Waals surface area contributed by atoms with E-state index in [0.717, 1.165) is 30.7 Å². The number of rotatable bonds is 8. The quantitative estimate of drug-likeness (QED) is 0.180. The van der Waals surface area contributed by atoms with Gasteiger partial charge in [-0.3, -0.25) is 0 Å². The van der Waals surface area contributed by atoms with Gasteiger partial charge in [-0.15, -0.1) is 45.5 Å². The Morgan fingerprint density at radius 1 is 0.939 bits per heavy atom. The van der Waals surface area contributed by atoms with Gasteiger partial charge in [0.2, 0.25) is 0 Å². The summed E-state index contributed by atoms with van der Waals surface area (Å²) >= 11 is 1.73. The third kappa shape index (κ3) is 6.88. The Morgan fingerprint density at radius 3 is 2.15 bits per heavy atom. The van der Waals surface area contributed by atoms with Crippen LogP contribution in [0.15, 0.2) is 83.2 Å². The zero-order valence-electron chi connectivity index (χ0n) is 18.8. The molecule has 172 valence electrons. The monoisotopic (exact) mass is 572 g/mol. The number of thiophene rings is 1. The summed E-state index contributed by atoms with van der Waals surface area (Å²) in [6.07, 6.45) is 0. The van der Waals surface area contributed by atoms with Crippen LogP contribution in [0.5, 0.6) is 0 Å². The molecule has 0 saturated heterocycles. The number of aryl methyl sites for hydroxylation is 1. The van der Waals surface area contributed by atoms with Crippen molar-refractivity contribution < 1.29 is 0 Å². The molecule has 2 aromatic heterocycles. The molecule has 2 N–H and O–H groups in total. The highest BCUT2D eigenvalue weighted by Crippen LogP contribution is 2.23. The van der Waals surface area contributed by atoms with Crippen LogP contribution in [-0.2, 0) is 20.1 Å². The fourth-order valence-electron chi connectivity index (χ4n) is 3.49. The van der Waals surface area contributed by atoms with E-state index in [1.807, 2.05) is 18.5 Å². The number of hydrogen-bond acceptors (Lipinski definition) is 4. The Labute approximate surface area is 216 Å². The van der Waals surface area contributed by atoms with E-state index >= 15 is 0 Å². The number of nitrogens with one attached hydrogen (secondary N) is 2. The van der Waals surface area contributed by atoms with Gasteiger partial charge in [0.15, 0.2) is 11.8 Å². The van der Waals surface area contributed by atoms with Crippen molar-refractivity contribution in [3.8, 4) is 0 Å². The summed E-state index contributed by atoms with van der Waals surface area (Å²) in [4.78, 5) is 6.06. The van der Waals surface area contributed by atoms with Gasteiger partial charge in [0.05, 0.1) is 6.54 Å². The van der Waals surface area contributed by atoms with Crippen molar-refractivity contribution in [2.75, 3.05) is 6.54 Å². The number of aliphatic imine (C=N–C) groups is 1. The number of nitrogens with zero attached hydrogens (tertiary/aromatic N) is 4. The molecule has 2 aromatic carbocycles. The molecule has 0 spiro atoms. The number of aromatic nitrogens is 3. The second-order valence-electron chi connectivity index (χ2n) is 7.58. The van der Waals surface area contributed by atoms with Gasteiger partial charge < -0.3 is 15.2 Å². The Bertz CT molecular complexity index is 1090. The molecule has 6 nitrogen and oxygen atoms in total. The van der Waals surface area contributed by atoms with E-state index in [-0.39, 0.29) is 29.9 Å². The third-order valence-corrected chi connectivity index (χ3v) is 6.33. The van der Waals surface area contributed by atoms with E-state index in [9.17, 15) is 0 Å². The lowest BCUT2D eigenvalue weighted by Crippen LogP contribution is -2.39. The largest absolute Gasteiger partial charge is 0.355 e. The Balaban J connectivity index is 0.00000306. The predicted molar refractivity (Wildman–Crippen MR) is 146 cm³/mol. The summed E-state index contributed by atoms with van der Waals surface area (Å²) in [7, 11) is 1.97. The summed E-state index contributed by atoms with van der Waals surface area (Å²) in [5, 5.41) is 17.5. The first-order chi connectivity index (χ1) is 15.7. The lowest BCUT2D eigenvalue weighted by Gasteiger charge is -2.21. The van der Waals surface area contributed by atoms with Gasteiger partial charge in [-0.1, -0.05) is 66.7 Å². The number of hydrogen-bond donors (Lipinski definition) is 2. The Morgan fingerprint density at radius 2 is 1.61 bits per heavy atom. The maximum atomic E-state index is 4.80. The van der Waals surface area contributed by atoms with Gasteiger partial charge in [0.1, 0.15) is 12.4 Å². The van der Waals surface area contributed by atoms with Gasteiger partial charge in [-0.2, -0.15) is 0 Å². The van der Waals surface area contributed by atoms with Gasteiger partial charge >= 0.3 is 0 Å². The van der Waals surface area contributed by atoms with Crippen LogP contribution < -0.4 is 10.6 Å². The van der Waals surface area contributed by atoms with Crippen molar-refractivity contribution in [3.63, 3.8) is 0 Å². The van der Waals surface area contributed by atoms with E-state index in [0.29, 0.717) is 6.54 Å². The normalized spacial score (nSPS) is 11.3. The van der Waals surface area contributed by atoms with Crippen LogP contribution in [0.2, 0.25) is 0 Å². The molecule has 0 amide bonds. The van der Waals surface area contributed by atoms with E-state index in [2.05, 4.69) is 99.0 Å². The summed E-state index contributed by atoms with van der Waals surface area (Å²) in [5.74, 6) is 2.69. The molecular weight excluding hydrogens is 543 g/mol. The van der Waals surface area contributed by atoms with Gasteiger partial charge in [0.25, 0.3) is 0 Å². The first-order valence-electron chi connectivity index (χ1n) is 10.7. The van der Waals surface area contributed by atoms with Crippen molar-refractivity contribution in [1.29, 1.82) is 0 Å². The second-order valence-corrected chi connectivity index (χ2v) is 8.61. The molecule has 33 heavy (non-hydrogen) atoms. The zero-order valence-corrected chi connectivity index (χ0v) is 22.0. The summed E-state index contributed by atoms with van der Waals surface area (Å²) < 4.78 is 1.97. The maximum absolute atomic E-state index is 4.80. The molecule has 0 aliphatic carbocycles. The number of guanidine groups is 1. The van der Waals surface area contributed by atoms with Crippen LogP contribution in [0, 0.1) is 6.92 Å². The Hall–Kier alpha value is -2.72. The number of halogens is 1. The van der Waals surface area contributed by atoms with Gasteiger partial charge in [0, 0.05) is 24.4 Å². The minimum atomic E-state index is 0. The molecule has 0 aliphatic rings. The predicted octanol–water partition coefficient (Wildman–Crippen LogP) is 4.87. The minimum absolute atomic E-state index is 0. The lowest BCUT2D eigenvalue weighted by molar-refractivity contribution is 0.716. The molecule has 0 bridgehead atoms. The van der Waals surface area contributed by atoms with Crippen LogP contribution >= 0.6 is 35.3 Å². The highest BCUT2D eigenvalue weighted by molar-refractivity contribution is 14.0. The molecule has 0 fully saturated rings. The molecule has 0 atom stereocenters. The van der Waals surface area contributed by atoms with Crippen LogP contribution in [0.1, 0.15) is 33.6 Å². The number of benzene rings is 2. The van der Waals surface area contributed by atoms with E-state index in [4.69, 9.17) is 4.99 Å². The summed E-state index contributed by atoms with van der Waals surface area (Å²) in [6.45, 7) is 3.85. The molecule has 0 aliphatic heterocycles. The first-order valence-corrected chi connectivity index (χ1v) is 11.6. The van der Waals surface area contributed by atoms with Crippen LogP contribution in [-0.4, -0.2) is 27.3 Å². The SMILES string of the molecule is Cc1nnc(CN=C(NCc2cccs2)NCC(c2ccccc2)c2ccccc2)n1C.I. The van der Waals surface area contributed by atoms with E-state index in [1.165, 1.54) is 16.0 Å². The first kappa shape index (κ1) is 24.9. The van der Waals surface area contributed by atoms with Crippen LogP contribution in [0.25, 0.3) is 0 Å². The maximum Gasteiger partial charge on any atom is 0.192 e. The molecule has 4 rings (SSSR count).